The van der Waals surface area contributed by atoms with E-state index in [0.29, 0.717) is 6.54 Å². The second kappa shape index (κ2) is 7.33. The first kappa shape index (κ1) is 17.6. The van der Waals surface area contributed by atoms with Crippen LogP contribution in [0.15, 0.2) is 42.5 Å². The predicted octanol–water partition coefficient (Wildman–Crippen LogP) is 4.54. The molecular formula is C20H23N3OS. The molecule has 3 aromatic rings. The Morgan fingerprint density at radius 3 is 2.56 bits per heavy atom. The number of likely N-dealkylation sites (N-methyl/N-ethyl adjacent to an activating group) is 1. The van der Waals surface area contributed by atoms with Crippen molar-refractivity contribution in [2.45, 2.75) is 26.8 Å². The standard InChI is InChI=1S/C20H23N3OS/c1-13-9-14(2)11-16(10-13)21-19(24)12-23(4)15(3)20-22-17-7-5-6-8-18(17)25-20/h5-11,15H,12H2,1-4H3,(H,21,24)/t15-/m0/s1. The van der Waals surface area contributed by atoms with E-state index < -0.39 is 0 Å². The molecule has 0 aliphatic carbocycles. The third-order valence-corrected chi connectivity index (χ3v) is 5.43. The van der Waals surface area contributed by atoms with Crippen LogP contribution in [0.2, 0.25) is 0 Å². The number of carbonyl (C=O) groups is 1. The summed E-state index contributed by atoms with van der Waals surface area (Å²) in [6.45, 7) is 6.47. The maximum Gasteiger partial charge on any atom is 0.238 e. The molecule has 0 bridgehead atoms. The van der Waals surface area contributed by atoms with E-state index in [1.165, 1.54) is 4.70 Å². The molecule has 0 saturated heterocycles. The van der Waals surface area contributed by atoms with Crippen LogP contribution >= 0.6 is 11.3 Å². The van der Waals surface area contributed by atoms with E-state index in [0.717, 1.165) is 27.3 Å². The van der Waals surface area contributed by atoms with Gasteiger partial charge in [-0.05, 0) is 63.2 Å². The van der Waals surface area contributed by atoms with E-state index in [-0.39, 0.29) is 11.9 Å². The Bertz CT molecular complexity index is 850. The van der Waals surface area contributed by atoms with Gasteiger partial charge in [0.1, 0.15) is 5.01 Å². The van der Waals surface area contributed by atoms with E-state index >= 15 is 0 Å². The van der Waals surface area contributed by atoms with Crippen LogP contribution in [0.3, 0.4) is 0 Å². The number of anilines is 1. The summed E-state index contributed by atoms with van der Waals surface area (Å²) in [6.07, 6.45) is 0. The van der Waals surface area contributed by atoms with Gasteiger partial charge in [0.15, 0.2) is 0 Å². The lowest BCUT2D eigenvalue weighted by Crippen LogP contribution is -2.32. The van der Waals surface area contributed by atoms with Crippen molar-refractivity contribution in [3.05, 3.63) is 58.6 Å². The van der Waals surface area contributed by atoms with Crippen molar-refractivity contribution < 1.29 is 4.79 Å². The first-order valence-corrected chi connectivity index (χ1v) is 9.18. The molecule has 1 heterocycles. The number of hydrogen-bond acceptors (Lipinski definition) is 4. The molecule has 1 N–H and O–H groups in total. The number of aryl methyl sites for hydroxylation is 2. The number of carbonyl (C=O) groups excluding carboxylic acids is 1. The molecule has 1 aromatic heterocycles. The molecule has 25 heavy (non-hydrogen) atoms. The number of fused-ring (bicyclic) bond motifs is 1. The summed E-state index contributed by atoms with van der Waals surface area (Å²) in [4.78, 5) is 19.1. The maximum absolute atomic E-state index is 12.4. The number of amides is 1. The molecule has 4 nitrogen and oxygen atoms in total. The lowest BCUT2D eigenvalue weighted by molar-refractivity contribution is -0.117. The fraction of sp³-hybridized carbons (Fsp3) is 0.300. The zero-order valence-corrected chi connectivity index (χ0v) is 15.9. The van der Waals surface area contributed by atoms with Gasteiger partial charge in [-0.1, -0.05) is 18.2 Å². The molecule has 0 unspecified atom stereocenters. The van der Waals surface area contributed by atoms with Crippen LogP contribution in [-0.4, -0.2) is 29.4 Å². The molecule has 2 aromatic carbocycles. The van der Waals surface area contributed by atoms with Gasteiger partial charge in [-0.15, -0.1) is 11.3 Å². The number of nitrogens with zero attached hydrogens (tertiary/aromatic N) is 2. The molecule has 3 rings (SSSR count). The smallest absolute Gasteiger partial charge is 0.238 e. The molecule has 0 radical (unpaired) electrons. The topological polar surface area (TPSA) is 45.2 Å². The number of para-hydroxylation sites is 1. The van der Waals surface area contributed by atoms with E-state index in [4.69, 9.17) is 4.98 Å². The Balaban J connectivity index is 1.66. The summed E-state index contributed by atoms with van der Waals surface area (Å²) in [7, 11) is 1.96. The molecule has 1 amide bonds. The van der Waals surface area contributed by atoms with E-state index in [1.54, 1.807) is 11.3 Å². The van der Waals surface area contributed by atoms with E-state index in [2.05, 4.69) is 24.4 Å². The predicted molar refractivity (Wildman–Crippen MR) is 105 cm³/mol. The van der Waals surface area contributed by atoms with Gasteiger partial charge in [0.25, 0.3) is 0 Å². The Kier molecular flexibility index (Phi) is 5.16. The SMILES string of the molecule is Cc1cc(C)cc(NC(=O)CN(C)[C@@H](C)c2nc3ccccc3s2)c1. The van der Waals surface area contributed by atoms with Gasteiger partial charge in [-0.3, -0.25) is 9.69 Å². The number of rotatable bonds is 5. The molecule has 0 saturated carbocycles. The summed E-state index contributed by atoms with van der Waals surface area (Å²) < 4.78 is 1.18. The van der Waals surface area contributed by atoms with Gasteiger partial charge >= 0.3 is 0 Å². The molecular weight excluding hydrogens is 330 g/mol. The molecule has 0 aliphatic heterocycles. The van der Waals surface area contributed by atoms with Crippen molar-refractivity contribution in [2.75, 3.05) is 18.9 Å². The third kappa shape index (κ3) is 4.24. The van der Waals surface area contributed by atoms with Crippen molar-refractivity contribution in [2.24, 2.45) is 0 Å². The Labute approximate surface area is 152 Å². The van der Waals surface area contributed by atoms with Crippen molar-refractivity contribution in [3.8, 4) is 0 Å². The monoisotopic (exact) mass is 353 g/mol. The van der Waals surface area contributed by atoms with Gasteiger partial charge < -0.3 is 5.32 Å². The summed E-state index contributed by atoms with van der Waals surface area (Å²) in [5.74, 6) is -0.0135. The summed E-state index contributed by atoms with van der Waals surface area (Å²) in [6, 6.07) is 14.3. The van der Waals surface area contributed by atoms with Crippen molar-refractivity contribution in [1.29, 1.82) is 0 Å². The quantitative estimate of drug-likeness (QED) is 0.732. The fourth-order valence-electron chi connectivity index (χ4n) is 2.87. The largest absolute Gasteiger partial charge is 0.325 e. The number of benzene rings is 2. The minimum atomic E-state index is -0.0135. The Morgan fingerprint density at radius 2 is 1.88 bits per heavy atom. The highest BCUT2D eigenvalue weighted by atomic mass is 32.1. The van der Waals surface area contributed by atoms with Gasteiger partial charge in [0.2, 0.25) is 5.91 Å². The Morgan fingerprint density at radius 1 is 1.20 bits per heavy atom. The molecule has 0 spiro atoms. The molecule has 1 atom stereocenters. The van der Waals surface area contributed by atoms with E-state index in [9.17, 15) is 4.79 Å². The average Bonchev–Trinajstić information content (AvgIpc) is 2.96. The highest BCUT2D eigenvalue weighted by Crippen LogP contribution is 2.28. The zero-order valence-electron chi connectivity index (χ0n) is 15.0. The fourth-order valence-corrected chi connectivity index (χ4v) is 3.95. The van der Waals surface area contributed by atoms with Crippen molar-refractivity contribution in [1.82, 2.24) is 9.88 Å². The minimum Gasteiger partial charge on any atom is -0.325 e. The van der Waals surface area contributed by atoms with Crippen LogP contribution in [-0.2, 0) is 4.79 Å². The zero-order chi connectivity index (χ0) is 18.0. The van der Waals surface area contributed by atoms with Crippen LogP contribution in [0.1, 0.15) is 29.1 Å². The highest BCUT2D eigenvalue weighted by molar-refractivity contribution is 7.18. The molecule has 5 heteroatoms. The van der Waals surface area contributed by atoms with Crippen molar-refractivity contribution in [3.63, 3.8) is 0 Å². The van der Waals surface area contributed by atoms with Crippen LogP contribution in [0.4, 0.5) is 5.69 Å². The lowest BCUT2D eigenvalue weighted by atomic mass is 10.1. The van der Waals surface area contributed by atoms with Gasteiger partial charge in [-0.2, -0.15) is 0 Å². The summed E-state index contributed by atoms with van der Waals surface area (Å²) >= 11 is 1.68. The first-order valence-electron chi connectivity index (χ1n) is 8.36. The summed E-state index contributed by atoms with van der Waals surface area (Å²) in [5.41, 5.74) is 4.16. The van der Waals surface area contributed by atoms with E-state index in [1.807, 2.05) is 56.1 Å². The van der Waals surface area contributed by atoms with Gasteiger partial charge in [0, 0.05) is 5.69 Å². The number of thiazole rings is 1. The van der Waals surface area contributed by atoms with Crippen LogP contribution in [0.25, 0.3) is 10.2 Å². The molecule has 0 aliphatic rings. The minimum absolute atomic E-state index is 0.0135. The average molecular weight is 353 g/mol. The van der Waals surface area contributed by atoms with Gasteiger partial charge in [0.05, 0.1) is 22.8 Å². The molecule has 0 fully saturated rings. The normalized spacial score (nSPS) is 12.5. The van der Waals surface area contributed by atoms with Crippen LogP contribution < -0.4 is 5.32 Å². The van der Waals surface area contributed by atoms with Gasteiger partial charge in [-0.25, -0.2) is 4.98 Å². The Hall–Kier alpha value is -2.24. The summed E-state index contributed by atoms with van der Waals surface area (Å²) in [5, 5.41) is 4.02. The molecule has 130 valence electrons. The highest BCUT2D eigenvalue weighted by Gasteiger charge is 2.18. The van der Waals surface area contributed by atoms with Crippen LogP contribution in [0, 0.1) is 13.8 Å². The second-order valence-electron chi connectivity index (χ2n) is 6.54. The number of nitrogens with one attached hydrogen (secondary N) is 1. The number of hydrogen-bond donors (Lipinski definition) is 1. The third-order valence-electron chi connectivity index (χ3n) is 4.23. The number of aromatic nitrogens is 1. The second-order valence-corrected chi connectivity index (χ2v) is 7.60. The van der Waals surface area contributed by atoms with Crippen molar-refractivity contribution >= 4 is 33.1 Å². The first-order chi connectivity index (χ1) is 11.9. The maximum atomic E-state index is 12.4. The van der Waals surface area contributed by atoms with Crippen LogP contribution in [0.5, 0.6) is 0 Å². The lowest BCUT2D eigenvalue weighted by Gasteiger charge is -2.22.